The smallest absolute Gasteiger partial charge is 0.217 e. The molecule has 1 amide bonds. The van der Waals surface area contributed by atoms with E-state index < -0.39 is 0 Å². The Bertz CT molecular complexity index is 517. The third-order valence-electron chi connectivity index (χ3n) is 7.02. The summed E-state index contributed by atoms with van der Waals surface area (Å²) in [6.07, 6.45) is 31.4. The first-order valence-electron chi connectivity index (χ1n) is 13.8. The van der Waals surface area contributed by atoms with Crippen LogP contribution in [0.1, 0.15) is 124 Å². The topological polar surface area (TPSA) is 41.1 Å². The highest BCUT2D eigenvalue weighted by Crippen LogP contribution is 2.23. The van der Waals surface area contributed by atoms with Gasteiger partial charge in [-0.15, -0.1) is 0 Å². The van der Waals surface area contributed by atoms with Gasteiger partial charge in [-0.2, -0.15) is 0 Å². The maximum absolute atomic E-state index is 11.2. The maximum Gasteiger partial charge on any atom is 0.217 e. The van der Waals surface area contributed by atoms with E-state index in [1.54, 1.807) is 6.92 Å². The molecule has 0 radical (unpaired) electrons. The lowest BCUT2D eigenvalue weighted by atomic mass is 10.0. The SMILES string of the molecule is CC/C=C/CCCCCCCCCCCCCCCC1NC=C[N+]1(CC)CCNC(C)=O. The quantitative estimate of drug-likeness (QED) is 0.111. The van der Waals surface area contributed by atoms with Gasteiger partial charge in [0.2, 0.25) is 5.91 Å². The van der Waals surface area contributed by atoms with Crippen molar-refractivity contribution in [3.05, 3.63) is 24.6 Å². The van der Waals surface area contributed by atoms with Crippen LogP contribution < -0.4 is 10.6 Å². The van der Waals surface area contributed by atoms with E-state index in [1.165, 1.54) is 103 Å². The number of quaternary nitrogens is 1. The molecule has 1 rings (SSSR count). The van der Waals surface area contributed by atoms with Crippen LogP contribution in [0.5, 0.6) is 0 Å². The molecule has 0 fully saturated rings. The zero-order valence-corrected chi connectivity index (χ0v) is 21.7. The molecular formula is C28H54N3O+. The van der Waals surface area contributed by atoms with E-state index in [0.29, 0.717) is 6.17 Å². The van der Waals surface area contributed by atoms with Gasteiger partial charge in [0.1, 0.15) is 12.7 Å². The molecule has 1 aliphatic heterocycles. The molecule has 1 heterocycles. The predicted octanol–water partition coefficient (Wildman–Crippen LogP) is 7.18. The number of carbonyl (C=O) groups excluding carboxylic acids is 1. The third kappa shape index (κ3) is 13.3. The molecule has 0 aromatic rings. The normalized spacial score (nSPS) is 20.2. The van der Waals surface area contributed by atoms with Gasteiger partial charge >= 0.3 is 0 Å². The standard InChI is InChI=1S/C28H53N3O/c1-4-6-7-8-9-10-11-12-13-14-15-16-17-18-19-20-21-22-28-30-24-26-31(28,5-2)25-23-29-27(3)32/h6-7,24,26,28,30H,4-5,8-23,25H2,1-3H3/p+1/b7-6+. The van der Waals surface area contributed by atoms with Gasteiger partial charge in [0.25, 0.3) is 0 Å². The minimum Gasteiger partial charge on any atom is -0.351 e. The lowest BCUT2D eigenvalue weighted by Gasteiger charge is -2.37. The Hall–Kier alpha value is -1.29. The molecule has 1 aliphatic rings. The van der Waals surface area contributed by atoms with Crippen molar-refractivity contribution in [3.63, 3.8) is 0 Å². The summed E-state index contributed by atoms with van der Waals surface area (Å²) < 4.78 is 0.955. The molecule has 2 unspecified atom stereocenters. The van der Waals surface area contributed by atoms with Gasteiger partial charge in [-0.05, 0) is 32.6 Å². The Morgan fingerprint density at radius 2 is 1.44 bits per heavy atom. The number of allylic oxidation sites excluding steroid dienone is 2. The number of rotatable bonds is 21. The molecule has 0 bridgehead atoms. The first-order valence-corrected chi connectivity index (χ1v) is 13.8. The number of hydrogen-bond acceptors (Lipinski definition) is 2. The third-order valence-corrected chi connectivity index (χ3v) is 7.02. The van der Waals surface area contributed by atoms with E-state index in [9.17, 15) is 4.79 Å². The second-order valence-corrected chi connectivity index (χ2v) is 9.68. The zero-order chi connectivity index (χ0) is 23.3. The van der Waals surface area contributed by atoms with E-state index in [-0.39, 0.29) is 5.91 Å². The van der Waals surface area contributed by atoms with Crippen LogP contribution in [0.4, 0.5) is 0 Å². The van der Waals surface area contributed by atoms with Crippen LogP contribution in [-0.4, -0.2) is 36.2 Å². The predicted molar refractivity (Wildman–Crippen MR) is 139 cm³/mol. The highest BCUT2D eigenvalue weighted by atomic mass is 16.1. The van der Waals surface area contributed by atoms with E-state index in [4.69, 9.17) is 0 Å². The van der Waals surface area contributed by atoms with E-state index in [1.807, 2.05) is 0 Å². The number of hydrogen-bond donors (Lipinski definition) is 2. The van der Waals surface area contributed by atoms with Gasteiger partial charge < -0.3 is 10.6 Å². The average Bonchev–Trinajstić information content (AvgIpc) is 3.18. The fourth-order valence-electron chi connectivity index (χ4n) is 4.88. The summed E-state index contributed by atoms with van der Waals surface area (Å²) in [5.41, 5.74) is 0. The number of nitrogens with zero attached hydrogens (tertiary/aromatic N) is 1. The van der Waals surface area contributed by atoms with E-state index >= 15 is 0 Å². The summed E-state index contributed by atoms with van der Waals surface area (Å²) in [4.78, 5) is 11.2. The van der Waals surface area contributed by atoms with E-state index in [2.05, 4.69) is 49.0 Å². The summed E-state index contributed by atoms with van der Waals surface area (Å²) in [5, 5.41) is 6.53. The van der Waals surface area contributed by atoms with Gasteiger partial charge in [-0.3, -0.25) is 9.28 Å². The van der Waals surface area contributed by atoms with Crippen molar-refractivity contribution in [3.8, 4) is 0 Å². The summed E-state index contributed by atoms with van der Waals surface area (Å²) in [5.74, 6) is 0.0676. The molecule has 186 valence electrons. The highest BCUT2D eigenvalue weighted by Gasteiger charge is 2.36. The molecule has 2 N–H and O–H groups in total. The number of amides is 1. The molecule has 32 heavy (non-hydrogen) atoms. The average molecular weight is 449 g/mol. The second kappa shape index (κ2) is 19.2. The molecule has 4 nitrogen and oxygen atoms in total. The molecule has 0 saturated carbocycles. The Labute approximate surface area is 199 Å². The Morgan fingerprint density at radius 3 is 1.97 bits per heavy atom. The van der Waals surface area contributed by atoms with Crippen LogP contribution in [0, 0.1) is 0 Å². The molecule has 2 atom stereocenters. The minimum atomic E-state index is 0.0676. The van der Waals surface area contributed by atoms with Gasteiger partial charge in [0.15, 0.2) is 6.17 Å². The fraction of sp³-hybridized carbons (Fsp3) is 0.821. The molecule has 0 aliphatic carbocycles. The molecule has 0 aromatic heterocycles. The van der Waals surface area contributed by atoms with Crippen molar-refractivity contribution >= 4 is 5.91 Å². The van der Waals surface area contributed by atoms with Crippen LogP contribution in [0.15, 0.2) is 24.6 Å². The summed E-state index contributed by atoms with van der Waals surface area (Å²) >= 11 is 0. The lowest BCUT2D eigenvalue weighted by Crippen LogP contribution is -2.55. The maximum atomic E-state index is 11.2. The summed E-state index contributed by atoms with van der Waals surface area (Å²) in [6, 6.07) is 0. The second-order valence-electron chi connectivity index (χ2n) is 9.68. The monoisotopic (exact) mass is 448 g/mol. The molecule has 4 heteroatoms. The van der Waals surface area contributed by atoms with Gasteiger partial charge in [-0.1, -0.05) is 89.7 Å². The number of nitrogens with one attached hydrogen (secondary N) is 2. The fourth-order valence-corrected chi connectivity index (χ4v) is 4.88. The first-order chi connectivity index (χ1) is 15.6. The van der Waals surface area contributed by atoms with Crippen molar-refractivity contribution in [2.24, 2.45) is 0 Å². The molecule has 0 aromatic carbocycles. The van der Waals surface area contributed by atoms with Crippen LogP contribution in [0.3, 0.4) is 0 Å². The van der Waals surface area contributed by atoms with Crippen molar-refractivity contribution < 1.29 is 9.28 Å². The van der Waals surface area contributed by atoms with Crippen LogP contribution in [0.2, 0.25) is 0 Å². The number of likely N-dealkylation sites (N-methyl/N-ethyl adjacent to an activating group) is 1. The van der Waals surface area contributed by atoms with Gasteiger partial charge in [-0.25, -0.2) is 0 Å². The van der Waals surface area contributed by atoms with Crippen LogP contribution in [-0.2, 0) is 4.79 Å². The van der Waals surface area contributed by atoms with Crippen LogP contribution in [0.25, 0.3) is 0 Å². The molecule has 0 saturated heterocycles. The number of unbranched alkanes of at least 4 members (excludes halogenated alkanes) is 13. The first kappa shape index (κ1) is 28.7. The zero-order valence-electron chi connectivity index (χ0n) is 21.7. The van der Waals surface area contributed by atoms with Gasteiger partial charge in [0.05, 0.1) is 19.3 Å². The lowest BCUT2D eigenvalue weighted by molar-refractivity contribution is -0.898. The van der Waals surface area contributed by atoms with Crippen molar-refractivity contribution in [2.75, 3.05) is 19.6 Å². The van der Waals surface area contributed by atoms with Crippen molar-refractivity contribution in [1.82, 2.24) is 10.6 Å². The summed E-state index contributed by atoms with van der Waals surface area (Å²) in [7, 11) is 0. The van der Waals surface area contributed by atoms with Crippen molar-refractivity contribution in [2.45, 2.75) is 130 Å². The van der Waals surface area contributed by atoms with Gasteiger partial charge in [0, 0.05) is 13.3 Å². The Balaban J connectivity index is 1.93. The van der Waals surface area contributed by atoms with Crippen LogP contribution >= 0.6 is 0 Å². The largest absolute Gasteiger partial charge is 0.351 e. The molecule has 0 spiro atoms. The minimum absolute atomic E-state index is 0.0676. The van der Waals surface area contributed by atoms with E-state index in [0.717, 1.165) is 24.1 Å². The molecular weight excluding hydrogens is 394 g/mol. The Morgan fingerprint density at radius 1 is 0.875 bits per heavy atom. The van der Waals surface area contributed by atoms with Crippen molar-refractivity contribution in [1.29, 1.82) is 0 Å². The summed E-state index contributed by atoms with van der Waals surface area (Å²) in [6.45, 7) is 8.86. The highest BCUT2D eigenvalue weighted by molar-refractivity contribution is 5.72. The number of carbonyl (C=O) groups is 1. The Kier molecular flexibility index (Phi) is 17.2.